The van der Waals surface area contributed by atoms with Crippen LogP contribution in [0.25, 0.3) is 0 Å². The van der Waals surface area contributed by atoms with E-state index in [0.717, 1.165) is 32.1 Å². The Morgan fingerprint density at radius 3 is 1.29 bits per heavy atom. The summed E-state index contributed by atoms with van der Waals surface area (Å²) in [7, 11) is 0. The molecule has 1 atom stereocenters. The van der Waals surface area contributed by atoms with Gasteiger partial charge >= 0.3 is 11.9 Å². The highest BCUT2D eigenvalue weighted by Crippen LogP contribution is 2.16. The van der Waals surface area contributed by atoms with Crippen molar-refractivity contribution in [1.82, 2.24) is 5.32 Å². The fourth-order valence-electron chi connectivity index (χ4n) is 4.60. The van der Waals surface area contributed by atoms with Crippen LogP contribution < -0.4 is 11.1 Å². The Balaban J connectivity index is 3.64. The van der Waals surface area contributed by atoms with Gasteiger partial charge in [-0.3, -0.25) is 14.4 Å². The van der Waals surface area contributed by atoms with E-state index >= 15 is 0 Å². The van der Waals surface area contributed by atoms with Gasteiger partial charge in [0.1, 0.15) is 17.2 Å². The van der Waals surface area contributed by atoms with Crippen molar-refractivity contribution in [2.24, 2.45) is 5.73 Å². The van der Waals surface area contributed by atoms with Crippen molar-refractivity contribution in [3.63, 3.8) is 0 Å². The molecule has 0 saturated heterocycles. The number of primary amides is 1. The SMILES string of the molecule is CC(C)(C)OC(=O)CCCCCCCCCCCCCCCCCCC(=O)N[C@@H](CCC(N)=O)C(=O)OC(C)(C)C. The first-order valence-corrected chi connectivity index (χ1v) is 16.2. The molecule has 8 heteroatoms. The van der Waals surface area contributed by atoms with Crippen LogP contribution in [0.3, 0.4) is 0 Å². The molecular weight excluding hydrogens is 520 g/mol. The number of carbonyl (C=O) groups is 4. The van der Waals surface area contributed by atoms with Crippen LogP contribution in [-0.4, -0.2) is 41.0 Å². The highest BCUT2D eigenvalue weighted by molar-refractivity contribution is 5.85. The van der Waals surface area contributed by atoms with Crippen LogP contribution in [0.2, 0.25) is 0 Å². The lowest BCUT2D eigenvalue weighted by molar-refractivity contribution is -0.159. The quantitative estimate of drug-likeness (QED) is 0.0900. The van der Waals surface area contributed by atoms with Crippen molar-refractivity contribution < 1.29 is 28.7 Å². The molecule has 0 aromatic rings. The van der Waals surface area contributed by atoms with Crippen LogP contribution >= 0.6 is 0 Å². The number of hydrogen-bond acceptors (Lipinski definition) is 6. The summed E-state index contributed by atoms with van der Waals surface area (Å²) in [6, 6.07) is -0.850. The van der Waals surface area contributed by atoms with E-state index in [9.17, 15) is 19.2 Å². The minimum atomic E-state index is -0.850. The van der Waals surface area contributed by atoms with Gasteiger partial charge < -0.3 is 20.5 Å². The van der Waals surface area contributed by atoms with E-state index in [-0.39, 0.29) is 30.3 Å². The molecule has 0 aliphatic rings. The normalized spacial score (nSPS) is 12.5. The summed E-state index contributed by atoms with van der Waals surface area (Å²) in [5.74, 6) is -1.31. The summed E-state index contributed by atoms with van der Waals surface area (Å²) in [4.78, 5) is 47.5. The van der Waals surface area contributed by atoms with Crippen molar-refractivity contribution in [2.45, 2.75) is 187 Å². The third-order valence-electron chi connectivity index (χ3n) is 6.66. The lowest BCUT2D eigenvalue weighted by atomic mass is 10.0. The molecule has 0 bridgehead atoms. The predicted molar refractivity (Wildman–Crippen MR) is 165 cm³/mol. The van der Waals surface area contributed by atoms with Gasteiger partial charge in [0, 0.05) is 19.3 Å². The molecule has 0 radical (unpaired) electrons. The number of unbranched alkanes of at least 4 members (excludes halogenated alkanes) is 15. The van der Waals surface area contributed by atoms with E-state index in [2.05, 4.69) is 5.32 Å². The van der Waals surface area contributed by atoms with E-state index in [1.165, 1.54) is 70.6 Å². The zero-order chi connectivity index (χ0) is 31.2. The van der Waals surface area contributed by atoms with Crippen molar-refractivity contribution in [1.29, 1.82) is 0 Å². The summed E-state index contributed by atoms with van der Waals surface area (Å²) in [5, 5.41) is 2.72. The molecule has 0 aliphatic carbocycles. The van der Waals surface area contributed by atoms with Gasteiger partial charge in [-0.2, -0.15) is 0 Å². The smallest absolute Gasteiger partial charge is 0.329 e. The summed E-state index contributed by atoms with van der Waals surface area (Å²) < 4.78 is 10.7. The highest BCUT2D eigenvalue weighted by Gasteiger charge is 2.26. The minimum Gasteiger partial charge on any atom is -0.460 e. The molecule has 0 saturated carbocycles. The third-order valence-corrected chi connectivity index (χ3v) is 6.66. The zero-order valence-electron chi connectivity index (χ0n) is 27.2. The number of nitrogens with one attached hydrogen (secondary N) is 1. The lowest BCUT2D eigenvalue weighted by Crippen LogP contribution is -2.44. The Labute approximate surface area is 250 Å². The van der Waals surface area contributed by atoms with Crippen LogP contribution in [0.5, 0.6) is 0 Å². The Morgan fingerprint density at radius 2 is 0.927 bits per heavy atom. The van der Waals surface area contributed by atoms with Crippen molar-refractivity contribution in [3.05, 3.63) is 0 Å². The Hall–Kier alpha value is -2.12. The maximum absolute atomic E-state index is 12.4. The average Bonchev–Trinajstić information content (AvgIpc) is 2.83. The van der Waals surface area contributed by atoms with Gasteiger partial charge in [-0.25, -0.2) is 4.79 Å². The van der Waals surface area contributed by atoms with Crippen molar-refractivity contribution in [3.8, 4) is 0 Å². The molecule has 41 heavy (non-hydrogen) atoms. The molecule has 3 N–H and O–H groups in total. The van der Waals surface area contributed by atoms with Gasteiger partial charge in [0.25, 0.3) is 0 Å². The maximum Gasteiger partial charge on any atom is 0.329 e. The molecule has 0 aromatic carbocycles. The van der Waals surface area contributed by atoms with Crippen molar-refractivity contribution in [2.75, 3.05) is 0 Å². The van der Waals surface area contributed by atoms with Gasteiger partial charge in [0.05, 0.1) is 0 Å². The van der Waals surface area contributed by atoms with Crippen molar-refractivity contribution >= 4 is 23.8 Å². The number of rotatable bonds is 24. The molecule has 2 amide bonds. The standard InChI is InChI=1S/C33H62N2O6/c1-32(2,3)40-30(38)24-22-20-18-16-14-12-10-8-7-9-11-13-15-17-19-21-23-29(37)35-27(25-26-28(34)36)31(39)41-33(4,5)6/h27H,7-26H2,1-6H3,(H2,34,36)(H,35,37)/t27-/m0/s1. The first-order chi connectivity index (χ1) is 19.2. The number of hydrogen-bond donors (Lipinski definition) is 2. The summed E-state index contributed by atoms with van der Waals surface area (Å²) in [6.07, 6.45) is 20.0. The fraction of sp³-hybridized carbons (Fsp3) is 0.879. The van der Waals surface area contributed by atoms with Gasteiger partial charge in [0.2, 0.25) is 11.8 Å². The second kappa shape index (κ2) is 22.5. The van der Waals surface area contributed by atoms with Crippen LogP contribution in [0.15, 0.2) is 0 Å². The van der Waals surface area contributed by atoms with E-state index in [4.69, 9.17) is 15.2 Å². The Bertz CT molecular complexity index is 739. The molecule has 0 unspecified atom stereocenters. The Morgan fingerprint density at radius 1 is 0.561 bits per heavy atom. The Kier molecular flexibility index (Phi) is 21.3. The van der Waals surface area contributed by atoms with E-state index in [0.29, 0.717) is 12.8 Å². The summed E-state index contributed by atoms with van der Waals surface area (Å²) in [6.45, 7) is 11.0. The lowest BCUT2D eigenvalue weighted by Gasteiger charge is -2.24. The molecule has 0 aliphatic heterocycles. The van der Waals surface area contributed by atoms with Crippen LogP contribution in [0, 0.1) is 0 Å². The van der Waals surface area contributed by atoms with Gasteiger partial charge in [-0.05, 0) is 60.8 Å². The van der Waals surface area contributed by atoms with Crippen LogP contribution in [0.4, 0.5) is 0 Å². The molecule has 0 aromatic heterocycles. The topological polar surface area (TPSA) is 125 Å². The molecule has 8 nitrogen and oxygen atoms in total. The maximum atomic E-state index is 12.4. The fourth-order valence-corrected chi connectivity index (χ4v) is 4.60. The summed E-state index contributed by atoms with van der Waals surface area (Å²) >= 11 is 0. The number of amides is 2. The van der Waals surface area contributed by atoms with Gasteiger partial charge in [-0.15, -0.1) is 0 Å². The minimum absolute atomic E-state index is 0.0180. The molecule has 0 rings (SSSR count). The molecular formula is C33H62N2O6. The number of carbonyl (C=O) groups excluding carboxylic acids is 4. The third kappa shape index (κ3) is 27.8. The molecule has 0 spiro atoms. The van der Waals surface area contributed by atoms with Gasteiger partial charge in [-0.1, -0.05) is 89.9 Å². The van der Waals surface area contributed by atoms with E-state index in [1.807, 2.05) is 20.8 Å². The zero-order valence-corrected chi connectivity index (χ0v) is 27.2. The summed E-state index contributed by atoms with van der Waals surface area (Å²) in [5.41, 5.74) is 4.16. The van der Waals surface area contributed by atoms with E-state index < -0.39 is 23.5 Å². The average molecular weight is 583 g/mol. The molecule has 0 heterocycles. The molecule has 240 valence electrons. The van der Waals surface area contributed by atoms with Crippen LogP contribution in [0.1, 0.15) is 170 Å². The monoisotopic (exact) mass is 582 g/mol. The predicted octanol–water partition coefficient (Wildman–Crippen LogP) is 7.44. The van der Waals surface area contributed by atoms with Crippen LogP contribution in [-0.2, 0) is 28.7 Å². The number of esters is 2. The number of nitrogens with two attached hydrogens (primary N) is 1. The first-order valence-electron chi connectivity index (χ1n) is 16.2. The second-order valence-electron chi connectivity index (χ2n) is 13.4. The highest BCUT2D eigenvalue weighted by atomic mass is 16.6. The van der Waals surface area contributed by atoms with E-state index in [1.54, 1.807) is 20.8 Å². The largest absolute Gasteiger partial charge is 0.460 e. The second-order valence-corrected chi connectivity index (χ2v) is 13.4. The first kappa shape index (κ1) is 38.9. The molecule has 0 fully saturated rings. The van der Waals surface area contributed by atoms with Gasteiger partial charge in [0.15, 0.2) is 0 Å². The number of ether oxygens (including phenoxy) is 2.